The second-order valence-electron chi connectivity index (χ2n) is 4.61. The molecule has 0 saturated carbocycles. The van der Waals surface area contributed by atoms with E-state index in [1.165, 1.54) is 0 Å². The topological polar surface area (TPSA) is 47.3 Å². The molecule has 1 aromatic heterocycles. The maximum absolute atomic E-state index is 11.0. The summed E-state index contributed by atoms with van der Waals surface area (Å²) in [6, 6.07) is 7.62. The number of halogens is 2. The minimum atomic E-state index is -1.16. The molecular formula is C14H16Br2N2O2. The van der Waals surface area contributed by atoms with Crippen molar-refractivity contribution in [3.05, 3.63) is 50.7 Å². The maximum Gasteiger partial charge on any atom is 0.131 e. The van der Waals surface area contributed by atoms with Crippen LogP contribution >= 0.6 is 31.9 Å². The zero-order valence-electron chi connectivity index (χ0n) is 11.3. The molecule has 2 aromatic rings. The van der Waals surface area contributed by atoms with Gasteiger partial charge in [0.05, 0.1) is 29.5 Å². The van der Waals surface area contributed by atoms with Crippen molar-refractivity contribution in [3.63, 3.8) is 0 Å². The van der Waals surface area contributed by atoms with Gasteiger partial charge < -0.3 is 9.84 Å². The highest BCUT2D eigenvalue weighted by atomic mass is 79.9. The van der Waals surface area contributed by atoms with E-state index in [9.17, 15) is 5.11 Å². The van der Waals surface area contributed by atoms with E-state index in [1.54, 1.807) is 24.9 Å². The lowest BCUT2D eigenvalue weighted by atomic mass is 9.92. The van der Waals surface area contributed by atoms with Crippen LogP contribution in [0.1, 0.15) is 18.2 Å². The van der Waals surface area contributed by atoms with Gasteiger partial charge in [-0.3, -0.25) is 4.68 Å². The zero-order valence-corrected chi connectivity index (χ0v) is 14.5. The molecular weight excluding hydrogens is 388 g/mol. The van der Waals surface area contributed by atoms with Gasteiger partial charge in [0.2, 0.25) is 0 Å². The molecule has 1 atom stereocenters. The SMILES string of the molecule is COCCn1ncc(Br)c1C(C)(O)c1ccccc1Br. The van der Waals surface area contributed by atoms with Crippen molar-refractivity contribution in [2.45, 2.75) is 19.1 Å². The highest BCUT2D eigenvalue weighted by Crippen LogP contribution is 2.37. The van der Waals surface area contributed by atoms with Crippen molar-refractivity contribution in [2.75, 3.05) is 13.7 Å². The fourth-order valence-electron chi connectivity index (χ4n) is 2.18. The molecule has 0 aliphatic carbocycles. The highest BCUT2D eigenvalue weighted by molar-refractivity contribution is 9.10. The van der Waals surface area contributed by atoms with Crippen LogP contribution < -0.4 is 0 Å². The van der Waals surface area contributed by atoms with E-state index in [2.05, 4.69) is 37.0 Å². The average Bonchev–Trinajstić information content (AvgIpc) is 2.78. The quantitative estimate of drug-likeness (QED) is 0.832. The van der Waals surface area contributed by atoms with Crippen LogP contribution in [0.2, 0.25) is 0 Å². The summed E-state index contributed by atoms with van der Waals surface area (Å²) in [7, 11) is 1.64. The molecule has 108 valence electrons. The minimum absolute atomic E-state index is 0.535. The second-order valence-corrected chi connectivity index (χ2v) is 6.32. The largest absolute Gasteiger partial charge is 0.383 e. The Hall–Kier alpha value is -0.690. The standard InChI is InChI=1S/C14H16Br2N2O2/c1-14(19,10-5-3-4-6-11(10)15)13-12(16)9-17-18(13)7-8-20-2/h3-6,9,19H,7-8H2,1-2H3. The molecule has 1 N–H and O–H groups in total. The fourth-order valence-corrected chi connectivity index (χ4v) is 3.53. The molecule has 0 aliphatic heterocycles. The summed E-state index contributed by atoms with van der Waals surface area (Å²) in [5.41, 5.74) is 0.338. The summed E-state index contributed by atoms with van der Waals surface area (Å²) < 4.78 is 8.47. The van der Waals surface area contributed by atoms with Gasteiger partial charge in [0.1, 0.15) is 5.60 Å². The van der Waals surface area contributed by atoms with Gasteiger partial charge in [0.15, 0.2) is 0 Å². The molecule has 20 heavy (non-hydrogen) atoms. The van der Waals surface area contributed by atoms with Crippen LogP contribution in [0.25, 0.3) is 0 Å². The number of nitrogens with zero attached hydrogens (tertiary/aromatic N) is 2. The zero-order chi connectivity index (χ0) is 14.8. The minimum Gasteiger partial charge on any atom is -0.383 e. The Morgan fingerprint density at radius 1 is 1.30 bits per heavy atom. The van der Waals surface area contributed by atoms with Gasteiger partial charge in [-0.25, -0.2) is 0 Å². The first-order valence-corrected chi connectivity index (χ1v) is 7.75. The smallest absolute Gasteiger partial charge is 0.131 e. The number of hydrogen-bond acceptors (Lipinski definition) is 3. The predicted octanol–water partition coefficient (Wildman–Crippen LogP) is 3.31. The Morgan fingerprint density at radius 2 is 2.00 bits per heavy atom. The van der Waals surface area contributed by atoms with E-state index < -0.39 is 5.60 Å². The number of ether oxygens (including phenoxy) is 1. The lowest BCUT2D eigenvalue weighted by Gasteiger charge is -2.26. The Morgan fingerprint density at radius 3 is 2.65 bits per heavy atom. The molecule has 0 spiro atoms. The van der Waals surface area contributed by atoms with Crippen molar-refractivity contribution in [1.29, 1.82) is 0 Å². The molecule has 1 aromatic carbocycles. The first-order valence-electron chi connectivity index (χ1n) is 6.16. The summed E-state index contributed by atoms with van der Waals surface area (Å²) in [6.45, 7) is 2.88. The monoisotopic (exact) mass is 402 g/mol. The number of aromatic nitrogens is 2. The first kappa shape index (κ1) is 15.7. The molecule has 6 heteroatoms. The summed E-state index contributed by atoms with van der Waals surface area (Å²) in [4.78, 5) is 0. The van der Waals surface area contributed by atoms with Gasteiger partial charge in [0.25, 0.3) is 0 Å². The third-order valence-electron chi connectivity index (χ3n) is 3.16. The normalized spacial score (nSPS) is 14.2. The number of rotatable bonds is 5. The highest BCUT2D eigenvalue weighted by Gasteiger charge is 2.33. The van der Waals surface area contributed by atoms with E-state index in [0.29, 0.717) is 18.8 Å². The van der Waals surface area contributed by atoms with Crippen LogP contribution in [0.15, 0.2) is 39.4 Å². The fraction of sp³-hybridized carbons (Fsp3) is 0.357. The summed E-state index contributed by atoms with van der Waals surface area (Å²) in [6.07, 6.45) is 1.69. The van der Waals surface area contributed by atoms with Crippen LogP contribution in [0.4, 0.5) is 0 Å². The van der Waals surface area contributed by atoms with Crippen molar-refractivity contribution >= 4 is 31.9 Å². The van der Waals surface area contributed by atoms with Crippen LogP contribution in [0.3, 0.4) is 0 Å². The van der Waals surface area contributed by atoms with Crippen LogP contribution in [-0.4, -0.2) is 28.6 Å². The van der Waals surface area contributed by atoms with Gasteiger partial charge in [-0.15, -0.1) is 0 Å². The molecule has 0 radical (unpaired) electrons. The van der Waals surface area contributed by atoms with E-state index in [1.807, 2.05) is 24.3 Å². The van der Waals surface area contributed by atoms with Crippen molar-refractivity contribution in [2.24, 2.45) is 0 Å². The van der Waals surface area contributed by atoms with Crippen LogP contribution in [0, 0.1) is 0 Å². The van der Waals surface area contributed by atoms with Gasteiger partial charge in [-0.2, -0.15) is 5.10 Å². The van der Waals surface area contributed by atoms with E-state index in [0.717, 1.165) is 14.5 Å². The molecule has 1 heterocycles. The Kier molecular flexibility index (Phi) is 5.01. The number of aliphatic hydroxyl groups is 1. The molecule has 2 rings (SSSR count). The average molecular weight is 404 g/mol. The molecule has 0 saturated heterocycles. The molecule has 0 amide bonds. The molecule has 0 fully saturated rings. The number of hydrogen-bond donors (Lipinski definition) is 1. The predicted molar refractivity (Wildman–Crippen MR) is 84.6 cm³/mol. The Labute approximate surface area is 135 Å². The third-order valence-corrected chi connectivity index (χ3v) is 4.43. The number of benzene rings is 1. The molecule has 0 aliphatic rings. The van der Waals surface area contributed by atoms with Crippen LogP contribution in [0.5, 0.6) is 0 Å². The summed E-state index contributed by atoms with van der Waals surface area (Å²) in [5, 5.41) is 15.3. The summed E-state index contributed by atoms with van der Waals surface area (Å²) in [5.74, 6) is 0. The van der Waals surface area contributed by atoms with Gasteiger partial charge >= 0.3 is 0 Å². The van der Waals surface area contributed by atoms with Crippen molar-refractivity contribution < 1.29 is 9.84 Å². The van der Waals surface area contributed by atoms with E-state index >= 15 is 0 Å². The number of methoxy groups -OCH3 is 1. The summed E-state index contributed by atoms with van der Waals surface area (Å²) >= 11 is 6.96. The molecule has 0 bridgehead atoms. The van der Waals surface area contributed by atoms with Crippen molar-refractivity contribution in [1.82, 2.24) is 9.78 Å². The lowest BCUT2D eigenvalue weighted by molar-refractivity contribution is 0.0868. The lowest BCUT2D eigenvalue weighted by Crippen LogP contribution is -2.28. The Bertz CT molecular complexity index is 597. The first-order chi connectivity index (χ1) is 9.48. The van der Waals surface area contributed by atoms with Gasteiger partial charge in [-0.05, 0) is 28.9 Å². The van der Waals surface area contributed by atoms with E-state index in [4.69, 9.17) is 4.74 Å². The maximum atomic E-state index is 11.0. The van der Waals surface area contributed by atoms with Gasteiger partial charge in [0, 0.05) is 17.1 Å². The van der Waals surface area contributed by atoms with Crippen molar-refractivity contribution in [3.8, 4) is 0 Å². The van der Waals surface area contributed by atoms with Gasteiger partial charge in [-0.1, -0.05) is 34.1 Å². The van der Waals surface area contributed by atoms with E-state index in [-0.39, 0.29) is 0 Å². The molecule has 1 unspecified atom stereocenters. The Balaban J connectivity index is 2.49. The third kappa shape index (κ3) is 2.98. The van der Waals surface area contributed by atoms with Crippen LogP contribution in [-0.2, 0) is 16.9 Å². The second kappa shape index (κ2) is 6.39. The molecule has 4 nitrogen and oxygen atoms in total.